The van der Waals surface area contributed by atoms with Crippen LogP contribution in [0, 0.1) is 17.0 Å². The van der Waals surface area contributed by atoms with Gasteiger partial charge in [-0.3, -0.25) is 9.59 Å². The summed E-state index contributed by atoms with van der Waals surface area (Å²) in [7, 11) is 3.78. The van der Waals surface area contributed by atoms with E-state index in [1.807, 2.05) is 13.8 Å². The number of carbonyl (C=O) groups is 3. The first-order valence-electron chi connectivity index (χ1n) is 14.7. The van der Waals surface area contributed by atoms with Gasteiger partial charge in [-0.05, 0) is 18.2 Å². The maximum atomic E-state index is 15.5. The second-order valence-corrected chi connectivity index (χ2v) is 12.5. The summed E-state index contributed by atoms with van der Waals surface area (Å²) in [4.78, 5) is 35.7. The average molecular weight is 695 g/mol. The lowest BCUT2D eigenvalue weighted by atomic mass is 9.89. The summed E-state index contributed by atoms with van der Waals surface area (Å²) in [6.45, 7) is 7.38. The molecule has 0 unspecified atom stereocenters. The van der Waals surface area contributed by atoms with E-state index in [2.05, 4.69) is 0 Å². The van der Waals surface area contributed by atoms with Gasteiger partial charge in [-0.2, -0.15) is 0 Å². The Bertz CT molecular complexity index is 1710. The van der Waals surface area contributed by atoms with Crippen LogP contribution in [-0.4, -0.2) is 62.8 Å². The van der Waals surface area contributed by atoms with Gasteiger partial charge in [-0.25, -0.2) is 8.78 Å². The van der Waals surface area contributed by atoms with Crippen molar-refractivity contribution >= 4 is 67.0 Å². The summed E-state index contributed by atoms with van der Waals surface area (Å²) >= 11 is 2.40. The second kappa shape index (κ2) is 18.3. The first-order chi connectivity index (χ1) is 22.5. The zero-order chi connectivity index (χ0) is 35.3. The number of carboxylic acids is 1. The van der Waals surface area contributed by atoms with E-state index in [0.29, 0.717) is 24.5 Å². The number of benzene rings is 2. The summed E-state index contributed by atoms with van der Waals surface area (Å²) < 4.78 is 54.1. The molecule has 256 valence electrons. The molecular weight excluding hydrogens is 654 g/mol. The van der Waals surface area contributed by atoms with Crippen molar-refractivity contribution in [3.05, 3.63) is 51.7 Å². The lowest BCUT2D eigenvalue weighted by molar-refractivity contribution is -0.136. The minimum absolute atomic E-state index is 0.00115. The molecular formula is C34H40F2O9S2. The average Bonchev–Trinajstić information content (AvgIpc) is 3.69. The highest BCUT2D eigenvalue weighted by Crippen LogP contribution is 2.42. The maximum Gasteiger partial charge on any atom is 0.307 e. The monoisotopic (exact) mass is 694 g/mol. The number of aliphatic carboxylic acids is 1. The van der Waals surface area contributed by atoms with Gasteiger partial charge in [0.2, 0.25) is 0 Å². The van der Waals surface area contributed by atoms with Crippen molar-refractivity contribution in [2.24, 2.45) is 5.41 Å². The second-order valence-electron chi connectivity index (χ2n) is 10.3. The molecule has 0 saturated heterocycles. The van der Waals surface area contributed by atoms with Gasteiger partial charge < -0.3 is 34.0 Å². The summed E-state index contributed by atoms with van der Waals surface area (Å²) in [6, 6.07) is 6.31. The SMILES string of the molecule is CC.CO.COc1cc2sc(/C=C/CC(=O)O)cc2c(F)c1OCCCOc1c(OC)cc2sc(C(=O)CC(C)(C)C=O)cc2c1F. The Morgan fingerprint density at radius 1 is 0.872 bits per heavy atom. The topological polar surface area (TPSA) is 129 Å². The van der Waals surface area contributed by atoms with Crippen LogP contribution in [0.3, 0.4) is 0 Å². The third-order valence-corrected chi connectivity index (χ3v) is 8.56. The summed E-state index contributed by atoms with van der Waals surface area (Å²) in [5, 5.41) is 16.3. The van der Waals surface area contributed by atoms with Gasteiger partial charge in [0.15, 0.2) is 40.4 Å². The van der Waals surface area contributed by atoms with Crippen molar-refractivity contribution in [2.45, 2.75) is 47.0 Å². The van der Waals surface area contributed by atoms with Crippen molar-refractivity contribution in [2.75, 3.05) is 34.5 Å². The largest absolute Gasteiger partial charge is 0.493 e. The zero-order valence-corrected chi connectivity index (χ0v) is 29.0. The lowest BCUT2D eigenvalue weighted by Gasteiger charge is -2.14. The van der Waals surface area contributed by atoms with E-state index in [-0.39, 0.29) is 66.6 Å². The van der Waals surface area contributed by atoms with E-state index in [9.17, 15) is 14.4 Å². The van der Waals surface area contributed by atoms with Crippen molar-refractivity contribution < 1.29 is 52.3 Å². The minimum atomic E-state index is -0.963. The van der Waals surface area contributed by atoms with Crippen LogP contribution in [0.5, 0.6) is 23.0 Å². The zero-order valence-electron chi connectivity index (χ0n) is 27.4. The summed E-state index contributed by atoms with van der Waals surface area (Å²) in [6.07, 6.45) is 3.96. The van der Waals surface area contributed by atoms with E-state index in [0.717, 1.165) is 24.7 Å². The standard InChI is InChI=1S/C31H30F2O8S2.C2H6.CH4O/c1-31(2,16-34)15-20(35)25-12-19-24(43-25)14-22(39-4)30(28(19)33)41-10-6-9-40-29-21(38-3)13-23-18(27(29)32)11-17(42-23)7-5-8-26(36)37;2*1-2/h5,7,11-14,16H,6,8-10,15H2,1-4H3,(H,36,37);1-2H3;2H,1H3/b7-5+;;. The highest BCUT2D eigenvalue weighted by atomic mass is 32.1. The third kappa shape index (κ3) is 9.96. The molecule has 0 saturated carbocycles. The number of aliphatic hydroxyl groups is 1. The molecule has 0 aliphatic rings. The van der Waals surface area contributed by atoms with Crippen molar-refractivity contribution in [1.82, 2.24) is 0 Å². The number of fused-ring (bicyclic) bond motifs is 2. The van der Waals surface area contributed by atoms with Gasteiger partial charge in [-0.15, -0.1) is 22.7 Å². The number of carboxylic acid groups (broad SMARTS) is 1. The van der Waals surface area contributed by atoms with Gasteiger partial charge in [0, 0.05) is 62.5 Å². The molecule has 0 spiro atoms. The first-order valence-corrected chi connectivity index (χ1v) is 16.3. The summed E-state index contributed by atoms with van der Waals surface area (Å²) in [5.41, 5.74) is -0.828. The number of methoxy groups -OCH3 is 2. The van der Waals surface area contributed by atoms with E-state index in [1.54, 1.807) is 38.1 Å². The molecule has 0 aliphatic heterocycles. The van der Waals surface area contributed by atoms with E-state index in [1.165, 1.54) is 37.7 Å². The molecule has 2 aromatic carbocycles. The number of ketones is 1. The normalized spacial score (nSPS) is 11.0. The molecule has 47 heavy (non-hydrogen) atoms. The Balaban J connectivity index is 0.00000185. The van der Waals surface area contributed by atoms with Crippen LogP contribution >= 0.6 is 22.7 Å². The molecule has 2 heterocycles. The molecule has 0 aliphatic carbocycles. The molecule has 13 heteroatoms. The number of hydrogen-bond acceptors (Lipinski definition) is 10. The molecule has 0 atom stereocenters. The highest BCUT2D eigenvalue weighted by Gasteiger charge is 2.25. The molecule has 0 amide bonds. The van der Waals surface area contributed by atoms with Gasteiger partial charge in [0.05, 0.1) is 38.7 Å². The smallest absolute Gasteiger partial charge is 0.307 e. The Hall–Kier alpha value is -4.07. The fourth-order valence-electron chi connectivity index (χ4n) is 4.24. The van der Waals surface area contributed by atoms with Crippen LogP contribution < -0.4 is 18.9 Å². The van der Waals surface area contributed by atoms with Crippen LogP contribution in [-0.2, 0) is 9.59 Å². The van der Waals surface area contributed by atoms with E-state index >= 15 is 8.78 Å². The van der Waals surface area contributed by atoms with Gasteiger partial charge in [0.1, 0.15) is 6.29 Å². The van der Waals surface area contributed by atoms with Crippen LogP contribution in [0.25, 0.3) is 26.2 Å². The fraction of sp³-hybridized carbons (Fsp3) is 0.382. The molecule has 4 rings (SSSR count). The highest BCUT2D eigenvalue weighted by molar-refractivity contribution is 7.21. The molecule has 9 nitrogen and oxygen atoms in total. The number of Topliss-reactive ketones (excluding diaryl/α,β-unsaturated/α-hetero) is 1. The van der Waals surface area contributed by atoms with Crippen LogP contribution in [0.2, 0.25) is 0 Å². The molecule has 0 bridgehead atoms. The number of aliphatic hydroxyl groups excluding tert-OH is 1. The Morgan fingerprint density at radius 3 is 1.87 bits per heavy atom. The molecule has 0 radical (unpaired) electrons. The summed E-state index contributed by atoms with van der Waals surface area (Å²) in [5.74, 6) is -2.35. The predicted octanol–water partition coefficient (Wildman–Crippen LogP) is 8.18. The molecule has 2 aromatic heterocycles. The van der Waals surface area contributed by atoms with E-state index in [4.69, 9.17) is 29.2 Å². The molecule has 2 N–H and O–H groups in total. The number of rotatable bonds is 15. The Kier molecular flexibility index (Phi) is 15.2. The van der Waals surface area contributed by atoms with Crippen molar-refractivity contribution in [3.8, 4) is 23.0 Å². The van der Waals surface area contributed by atoms with E-state index < -0.39 is 23.0 Å². The van der Waals surface area contributed by atoms with Crippen LogP contribution in [0.15, 0.2) is 30.3 Å². The maximum absolute atomic E-state index is 15.5. The van der Waals surface area contributed by atoms with Gasteiger partial charge in [0.25, 0.3) is 0 Å². The predicted molar refractivity (Wildman–Crippen MR) is 182 cm³/mol. The molecule has 4 aromatic rings. The number of ether oxygens (including phenoxy) is 4. The number of hydrogen-bond donors (Lipinski definition) is 2. The van der Waals surface area contributed by atoms with Gasteiger partial charge >= 0.3 is 5.97 Å². The van der Waals surface area contributed by atoms with Crippen molar-refractivity contribution in [3.63, 3.8) is 0 Å². The van der Waals surface area contributed by atoms with Crippen LogP contribution in [0.4, 0.5) is 8.78 Å². The number of carbonyl (C=O) groups excluding carboxylic acids is 2. The third-order valence-electron chi connectivity index (χ3n) is 6.39. The molecule has 0 fully saturated rings. The quantitative estimate of drug-likeness (QED) is 0.0719. The number of thiophene rings is 2. The van der Waals surface area contributed by atoms with Crippen LogP contribution in [0.1, 0.15) is 61.5 Å². The minimum Gasteiger partial charge on any atom is -0.493 e. The fourth-order valence-corrected chi connectivity index (χ4v) is 6.28. The van der Waals surface area contributed by atoms with Gasteiger partial charge in [-0.1, -0.05) is 33.8 Å². The Labute approximate surface area is 280 Å². The first kappa shape index (κ1) is 39.1. The number of aldehydes is 1. The Morgan fingerprint density at radius 2 is 1.38 bits per heavy atom. The van der Waals surface area contributed by atoms with Crippen molar-refractivity contribution in [1.29, 1.82) is 0 Å². The number of halogens is 2. The lowest BCUT2D eigenvalue weighted by Crippen LogP contribution is -2.17.